The van der Waals surface area contributed by atoms with Crippen LogP contribution in [0, 0.1) is 5.82 Å². The maximum absolute atomic E-state index is 12.8. The number of oxime groups is 1. The average molecular weight is 366 g/mol. The summed E-state index contributed by atoms with van der Waals surface area (Å²) in [5.41, 5.74) is 1.51. The van der Waals surface area contributed by atoms with Gasteiger partial charge in [0.25, 0.3) is 5.91 Å². The largest absolute Gasteiger partial charge is 0.435 e. The Morgan fingerprint density at radius 3 is 2.46 bits per heavy atom. The molecule has 2 aromatic carbocycles. The Labute approximate surface area is 148 Å². The lowest BCUT2D eigenvalue weighted by Crippen LogP contribution is -2.28. The van der Waals surface area contributed by atoms with Gasteiger partial charge < -0.3 is 14.9 Å². The third kappa shape index (κ3) is 7.25. The van der Waals surface area contributed by atoms with E-state index in [0.717, 1.165) is 5.56 Å². The number of nitrogens with zero attached hydrogens (tertiary/aromatic N) is 1. The Morgan fingerprint density at radius 1 is 1.12 bits per heavy atom. The molecule has 0 spiro atoms. The fraction of sp³-hybridized carbons (Fsp3) is 0.222. The van der Waals surface area contributed by atoms with E-state index in [1.54, 1.807) is 12.1 Å². The summed E-state index contributed by atoms with van der Waals surface area (Å²) in [6, 6.07) is 11.8. The third-order valence-corrected chi connectivity index (χ3v) is 3.23. The SMILES string of the molecule is O=C(CO/N=C/c1ccc(OC(F)F)cc1)NCCc1ccc(F)cc1. The minimum atomic E-state index is -2.88. The molecule has 0 unspecified atom stereocenters. The predicted octanol–water partition coefficient (Wildman–Crippen LogP) is 3.14. The molecule has 1 amide bonds. The second-order valence-electron chi connectivity index (χ2n) is 5.18. The van der Waals surface area contributed by atoms with Crippen molar-refractivity contribution in [1.82, 2.24) is 5.32 Å². The topological polar surface area (TPSA) is 59.9 Å². The van der Waals surface area contributed by atoms with E-state index in [-0.39, 0.29) is 24.1 Å². The van der Waals surface area contributed by atoms with Gasteiger partial charge in [-0.15, -0.1) is 0 Å². The van der Waals surface area contributed by atoms with Crippen LogP contribution in [0.4, 0.5) is 13.2 Å². The first-order valence-electron chi connectivity index (χ1n) is 7.74. The van der Waals surface area contributed by atoms with Gasteiger partial charge in [-0.1, -0.05) is 17.3 Å². The van der Waals surface area contributed by atoms with E-state index in [2.05, 4.69) is 15.2 Å². The number of carbonyl (C=O) groups is 1. The van der Waals surface area contributed by atoms with Gasteiger partial charge in [-0.2, -0.15) is 8.78 Å². The molecule has 0 saturated carbocycles. The third-order valence-electron chi connectivity index (χ3n) is 3.23. The van der Waals surface area contributed by atoms with E-state index in [9.17, 15) is 18.0 Å². The average Bonchev–Trinajstić information content (AvgIpc) is 2.61. The number of hydrogen-bond acceptors (Lipinski definition) is 4. The fourth-order valence-corrected chi connectivity index (χ4v) is 1.98. The molecule has 26 heavy (non-hydrogen) atoms. The van der Waals surface area contributed by atoms with Gasteiger partial charge in [-0.05, 0) is 53.9 Å². The van der Waals surface area contributed by atoms with Gasteiger partial charge in [0.05, 0.1) is 6.21 Å². The summed E-state index contributed by atoms with van der Waals surface area (Å²) < 4.78 is 41.0. The minimum absolute atomic E-state index is 0.0404. The molecule has 1 N–H and O–H groups in total. The van der Waals surface area contributed by atoms with Gasteiger partial charge >= 0.3 is 6.61 Å². The van der Waals surface area contributed by atoms with Gasteiger partial charge in [-0.3, -0.25) is 4.79 Å². The molecule has 0 aromatic heterocycles. The van der Waals surface area contributed by atoms with Crippen LogP contribution in [0.25, 0.3) is 0 Å². The van der Waals surface area contributed by atoms with Gasteiger partial charge in [0.15, 0.2) is 6.61 Å². The van der Waals surface area contributed by atoms with Crippen molar-refractivity contribution in [3.63, 3.8) is 0 Å². The lowest BCUT2D eigenvalue weighted by Gasteiger charge is -2.05. The maximum Gasteiger partial charge on any atom is 0.387 e. The Morgan fingerprint density at radius 2 is 1.81 bits per heavy atom. The van der Waals surface area contributed by atoms with E-state index in [1.807, 2.05) is 0 Å². The molecule has 8 heteroatoms. The Kier molecular flexibility index (Phi) is 7.48. The van der Waals surface area contributed by atoms with Crippen molar-refractivity contribution in [2.45, 2.75) is 13.0 Å². The van der Waals surface area contributed by atoms with E-state index < -0.39 is 6.61 Å². The maximum atomic E-state index is 12.8. The molecule has 0 bridgehead atoms. The molecule has 2 aromatic rings. The van der Waals surface area contributed by atoms with Crippen molar-refractivity contribution in [3.8, 4) is 5.75 Å². The van der Waals surface area contributed by atoms with Gasteiger partial charge in [0.2, 0.25) is 0 Å². The normalized spacial score (nSPS) is 10.9. The minimum Gasteiger partial charge on any atom is -0.435 e. The summed E-state index contributed by atoms with van der Waals surface area (Å²) in [4.78, 5) is 16.5. The van der Waals surface area contributed by atoms with Crippen LogP contribution in [0.5, 0.6) is 5.75 Å². The molecule has 0 aliphatic heterocycles. The Hall–Kier alpha value is -3.03. The lowest BCUT2D eigenvalue weighted by molar-refractivity contribution is -0.125. The molecular weight excluding hydrogens is 349 g/mol. The zero-order chi connectivity index (χ0) is 18.8. The van der Waals surface area contributed by atoms with Crippen LogP contribution >= 0.6 is 0 Å². The predicted molar refractivity (Wildman–Crippen MR) is 89.7 cm³/mol. The molecule has 0 saturated heterocycles. The van der Waals surface area contributed by atoms with E-state index in [1.165, 1.54) is 42.6 Å². The second kappa shape index (κ2) is 10.1. The van der Waals surface area contributed by atoms with Gasteiger partial charge in [0, 0.05) is 6.54 Å². The number of alkyl halides is 2. The fourth-order valence-electron chi connectivity index (χ4n) is 1.98. The highest BCUT2D eigenvalue weighted by atomic mass is 19.3. The molecule has 138 valence electrons. The van der Waals surface area contributed by atoms with Gasteiger partial charge in [-0.25, -0.2) is 4.39 Å². The summed E-state index contributed by atoms with van der Waals surface area (Å²) in [5, 5.41) is 6.28. The molecule has 5 nitrogen and oxygen atoms in total. The summed E-state index contributed by atoms with van der Waals surface area (Å²) in [6.45, 7) is -2.74. The molecule has 0 fully saturated rings. The number of nitrogens with one attached hydrogen (secondary N) is 1. The highest BCUT2D eigenvalue weighted by molar-refractivity contribution is 5.80. The van der Waals surface area contributed by atoms with Crippen molar-refractivity contribution in [2.75, 3.05) is 13.2 Å². The first kappa shape index (κ1) is 19.3. The van der Waals surface area contributed by atoms with Crippen molar-refractivity contribution in [2.24, 2.45) is 5.16 Å². The number of ether oxygens (including phenoxy) is 1. The van der Waals surface area contributed by atoms with Crippen LogP contribution in [0.15, 0.2) is 53.7 Å². The smallest absolute Gasteiger partial charge is 0.387 e. The number of hydrogen-bond donors (Lipinski definition) is 1. The number of amides is 1. The molecule has 0 atom stereocenters. The molecule has 0 aliphatic rings. The van der Waals surface area contributed by atoms with Crippen LogP contribution in [-0.2, 0) is 16.1 Å². The summed E-state index contributed by atoms with van der Waals surface area (Å²) in [7, 11) is 0. The van der Waals surface area contributed by atoms with Crippen LogP contribution in [0.2, 0.25) is 0 Å². The lowest BCUT2D eigenvalue weighted by atomic mass is 10.1. The highest BCUT2D eigenvalue weighted by Gasteiger charge is 2.03. The van der Waals surface area contributed by atoms with Crippen LogP contribution < -0.4 is 10.1 Å². The summed E-state index contributed by atoms with van der Waals surface area (Å²) in [5.74, 6) is -0.608. The summed E-state index contributed by atoms with van der Waals surface area (Å²) in [6.07, 6.45) is 1.92. The van der Waals surface area contributed by atoms with Crippen LogP contribution in [-0.4, -0.2) is 31.9 Å². The van der Waals surface area contributed by atoms with Crippen molar-refractivity contribution >= 4 is 12.1 Å². The van der Waals surface area contributed by atoms with Crippen LogP contribution in [0.3, 0.4) is 0 Å². The summed E-state index contributed by atoms with van der Waals surface area (Å²) >= 11 is 0. The standard InChI is InChI=1S/C18H17F3N2O3/c19-15-5-1-13(2-6-15)9-10-22-17(24)12-25-23-11-14-3-7-16(8-4-14)26-18(20)21/h1-8,11,18H,9-10,12H2,(H,22,24)/b23-11+. The van der Waals surface area contributed by atoms with Crippen LogP contribution in [0.1, 0.15) is 11.1 Å². The van der Waals surface area contributed by atoms with E-state index in [0.29, 0.717) is 18.5 Å². The zero-order valence-corrected chi connectivity index (χ0v) is 13.7. The Balaban J connectivity index is 1.64. The monoisotopic (exact) mass is 366 g/mol. The molecule has 0 radical (unpaired) electrons. The number of halogens is 3. The van der Waals surface area contributed by atoms with Crippen molar-refractivity contribution in [1.29, 1.82) is 0 Å². The molecule has 0 aliphatic carbocycles. The zero-order valence-electron chi connectivity index (χ0n) is 13.7. The molecular formula is C18H17F3N2O3. The number of carbonyl (C=O) groups excluding carboxylic acids is 1. The Bertz CT molecular complexity index is 719. The van der Waals surface area contributed by atoms with E-state index >= 15 is 0 Å². The van der Waals surface area contributed by atoms with Gasteiger partial charge in [0.1, 0.15) is 11.6 Å². The van der Waals surface area contributed by atoms with E-state index in [4.69, 9.17) is 4.84 Å². The quantitative estimate of drug-likeness (QED) is 0.548. The first-order valence-corrected chi connectivity index (χ1v) is 7.74. The first-order chi connectivity index (χ1) is 12.5. The molecule has 0 heterocycles. The second-order valence-corrected chi connectivity index (χ2v) is 5.18. The number of benzene rings is 2. The van der Waals surface area contributed by atoms with Crippen molar-refractivity contribution in [3.05, 3.63) is 65.5 Å². The van der Waals surface area contributed by atoms with Crippen molar-refractivity contribution < 1.29 is 27.5 Å². The highest BCUT2D eigenvalue weighted by Crippen LogP contribution is 2.13. The molecule has 2 rings (SSSR count). The number of rotatable bonds is 9.